The van der Waals surface area contributed by atoms with Gasteiger partial charge in [0, 0.05) is 13.1 Å². The van der Waals surface area contributed by atoms with E-state index in [1.807, 2.05) is 0 Å². The lowest BCUT2D eigenvalue weighted by atomic mass is 9.74. The summed E-state index contributed by atoms with van der Waals surface area (Å²) in [5, 5.41) is 9.03. The van der Waals surface area contributed by atoms with Crippen LogP contribution in [0.4, 0.5) is 0 Å². The summed E-state index contributed by atoms with van der Waals surface area (Å²) in [5.41, 5.74) is 0.169. The second kappa shape index (κ2) is 4.31. The zero-order valence-electron chi connectivity index (χ0n) is 9.88. The third kappa shape index (κ3) is 2.72. The maximum Gasteiger partial charge on any atom is 0.0662 e. The maximum atomic E-state index is 9.03. The highest BCUT2D eigenvalue weighted by molar-refractivity contribution is 4.98. The van der Waals surface area contributed by atoms with Crippen LogP contribution in [0.25, 0.3) is 0 Å². The van der Waals surface area contributed by atoms with E-state index in [4.69, 9.17) is 5.26 Å². The molecule has 0 aromatic carbocycles. The van der Waals surface area contributed by atoms with Gasteiger partial charge in [-0.05, 0) is 24.3 Å². The van der Waals surface area contributed by atoms with Gasteiger partial charge in [0.05, 0.1) is 12.0 Å². The van der Waals surface area contributed by atoms with E-state index in [1.165, 1.54) is 6.54 Å². The van der Waals surface area contributed by atoms with Gasteiger partial charge in [-0.3, -0.25) is 0 Å². The molecule has 0 aromatic heterocycles. The molecule has 0 N–H and O–H groups in total. The Kier molecular flexibility index (Phi) is 3.55. The van der Waals surface area contributed by atoms with E-state index < -0.39 is 0 Å². The number of nitriles is 1. The molecule has 0 saturated carbocycles. The molecule has 1 fully saturated rings. The molecular formula is C12H22N2. The summed E-state index contributed by atoms with van der Waals surface area (Å²) in [6, 6.07) is 2.44. The van der Waals surface area contributed by atoms with Crippen LogP contribution in [0.5, 0.6) is 0 Å². The van der Waals surface area contributed by atoms with E-state index in [2.05, 4.69) is 38.7 Å². The molecule has 0 spiro atoms. The van der Waals surface area contributed by atoms with Gasteiger partial charge in [0.15, 0.2) is 0 Å². The number of piperidine rings is 1. The Morgan fingerprint density at radius 2 is 2.14 bits per heavy atom. The number of hydrogen-bond acceptors (Lipinski definition) is 2. The molecule has 2 heteroatoms. The normalized spacial score (nSPS) is 27.6. The molecule has 1 rings (SSSR count). The molecule has 1 saturated heterocycles. The molecular weight excluding hydrogens is 172 g/mol. The Balaban J connectivity index is 2.55. The van der Waals surface area contributed by atoms with Crippen molar-refractivity contribution in [1.82, 2.24) is 4.90 Å². The van der Waals surface area contributed by atoms with E-state index in [-0.39, 0.29) is 11.3 Å². The van der Waals surface area contributed by atoms with Gasteiger partial charge < -0.3 is 4.90 Å². The van der Waals surface area contributed by atoms with Gasteiger partial charge in [-0.1, -0.05) is 27.7 Å². The lowest BCUT2D eigenvalue weighted by Crippen LogP contribution is -2.46. The Morgan fingerprint density at radius 1 is 1.50 bits per heavy atom. The average molecular weight is 194 g/mol. The fourth-order valence-electron chi connectivity index (χ4n) is 2.38. The van der Waals surface area contributed by atoms with E-state index in [0.717, 1.165) is 25.4 Å². The van der Waals surface area contributed by atoms with E-state index in [1.54, 1.807) is 0 Å². The van der Waals surface area contributed by atoms with Crippen molar-refractivity contribution in [3.63, 3.8) is 0 Å². The van der Waals surface area contributed by atoms with E-state index in [9.17, 15) is 0 Å². The van der Waals surface area contributed by atoms with Crippen LogP contribution in [-0.4, -0.2) is 24.5 Å². The minimum atomic E-state index is 0.169. The lowest BCUT2D eigenvalue weighted by Gasteiger charge is -2.42. The Morgan fingerprint density at radius 3 is 2.57 bits per heavy atom. The first-order valence-corrected chi connectivity index (χ1v) is 5.57. The topological polar surface area (TPSA) is 27.0 Å². The minimum Gasteiger partial charge on any atom is -0.302 e. The molecule has 0 aliphatic carbocycles. The van der Waals surface area contributed by atoms with Gasteiger partial charge in [0.2, 0.25) is 0 Å². The molecule has 1 aliphatic rings. The number of rotatable bonds is 2. The summed E-state index contributed by atoms with van der Waals surface area (Å²) in [7, 11) is 0. The van der Waals surface area contributed by atoms with Crippen LogP contribution < -0.4 is 0 Å². The minimum absolute atomic E-state index is 0.169. The fraction of sp³-hybridized carbons (Fsp3) is 0.917. The van der Waals surface area contributed by atoms with Crippen molar-refractivity contribution < 1.29 is 0 Å². The zero-order chi connectivity index (χ0) is 10.8. The summed E-state index contributed by atoms with van der Waals surface area (Å²) in [4.78, 5) is 2.50. The summed E-state index contributed by atoms with van der Waals surface area (Å²) < 4.78 is 0. The third-order valence-corrected chi connectivity index (χ3v) is 3.09. The van der Waals surface area contributed by atoms with Gasteiger partial charge in [0.1, 0.15) is 0 Å². The Labute approximate surface area is 87.9 Å². The molecule has 2 nitrogen and oxygen atoms in total. The predicted molar refractivity (Wildman–Crippen MR) is 58.8 cm³/mol. The van der Waals surface area contributed by atoms with Crippen molar-refractivity contribution in [2.45, 2.75) is 34.1 Å². The highest BCUT2D eigenvalue weighted by Gasteiger charge is 2.35. The summed E-state index contributed by atoms with van der Waals surface area (Å²) in [6.45, 7) is 12.3. The second-order valence-electron chi connectivity index (χ2n) is 5.59. The third-order valence-electron chi connectivity index (χ3n) is 3.09. The van der Waals surface area contributed by atoms with Crippen LogP contribution in [0.3, 0.4) is 0 Å². The monoisotopic (exact) mass is 194 g/mol. The largest absolute Gasteiger partial charge is 0.302 e. The van der Waals surface area contributed by atoms with Crippen molar-refractivity contribution in [3.8, 4) is 6.07 Å². The quantitative estimate of drug-likeness (QED) is 0.675. The van der Waals surface area contributed by atoms with Crippen molar-refractivity contribution in [2.75, 3.05) is 19.6 Å². The SMILES string of the molecule is CC(C)CN1CCC(C#N)C(C)(C)C1. The van der Waals surface area contributed by atoms with Crippen molar-refractivity contribution in [1.29, 1.82) is 5.26 Å². The number of nitrogens with zero attached hydrogens (tertiary/aromatic N) is 2. The Bertz CT molecular complexity index is 225. The fourth-order valence-corrected chi connectivity index (χ4v) is 2.38. The maximum absolute atomic E-state index is 9.03. The van der Waals surface area contributed by atoms with Gasteiger partial charge in [-0.25, -0.2) is 0 Å². The molecule has 1 aliphatic heterocycles. The number of likely N-dealkylation sites (tertiary alicyclic amines) is 1. The van der Waals surface area contributed by atoms with Gasteiger partial charge in [0.25, 0.3) is 0 Å². The molecule has 1 heterocycles. The summed E-state index contributed by atoms with van der Waals surface area (Å²) in [5.74, 6) is 0.968. The molecule has 0 bridgehead atoms. The van der Waals surface area contributed by atoms with Crippen LogP contribution in [0.1, 0.15) is 34.1 Å². The predicted octanol–water partition coefficient (Wildman–Crippen LogP) is 2.51. The molecule has 0 radical (unpaired) electrons. The highest BCUT2D eigenvalue weighted by Crippen LogP contribution is 2.34. The van der Waals surface area contributed by atoms with E-state index in [0.29, 0.717) is 0 Å². The molecule has 1 atom stereocenters. The highest BCUT2D eigenvalue weighted by atomic mass is 15.1. The van der Waals surface area contributed by atoms with Crippen molar-refractivity contribution >= 4 is 0 Å². The standard InChI is InChI=1S/C12H22N2/c1-10(2)8-14-6-5-11(7-13)12(3,4)9-14/h10-11H,5-6,8-9H2,1-4H3. The summed E-state index contributed by atoms with van der Waals surface area (Å²) in [6.07, 6.45) is 1.04. The van der Waals surface area contributed by atoms with Crippen LogP contribution in [0.15, 0.2) is 0 Å². The van der Waals surface area contributed by atoms with Gasteiger partial charge in [-0.15, -0.1) is 0 Å². The van der Waals surface area contributed by atoms with Crippen LogP contribution in [-0.2, 0) is 0 Å². The van der Waals surface area contributed by atoms with Gasteiger partial charge in [-0.2, -0.15) is 5.26 Å². The second-order valence-corrected chi connectivity index (χ2v) is 5.59. The van der Waals surface area contributed by atoms with Gasteiger partial charge >= 0.3 is 0 Å². The van der Waals surface area contributed by atoms with Crippen molar-refractivity contribution in [3.05, 3.63) is 0 Å². The van der Waals surface area contributed by atoms with Crippen LogP contribution in [0, 0.1) is 28.6 Å². The molecule has 0 aromatic rings. The van der Waals surface area contributed by atoms with Crippen molar-refractivity contribution in [2.24, 2.45) is 17.3 Å². The van der Waals surface area contributed by atoms with E-state index >= 15 is 0 Å². The Hall–Kier alpha value is -0.550. The molecule has 80 valence electrons. The first-order valence-electron chi connectivity index (χ1n) is 5.57. The average Bonchev–Trinajstić information content (AvgIpc) is 2.01. The first-order chi connectivity index (χ1) is 6.45. The lowest BCUT2D eigenvalue weighted by molar-refractivity contribution is 0.0739. The first kappa shape index (κ1) is 11.5. The number of hydrogen-bond donors (Lipinski definition) is 0. The smallest absolute Gasteiger partial charge is 0.0662 e. The molecule has 14 heavy (non-hydrogen) atoms. The zero-order valence-corrected chi connectivity index (χ0v) is 9.88. The van der Waals surface area contributed by atoms with Crippen LogP contribution >= 0.6 is 0 Å². The summed E-state index contributed by atoms with van der Waals surface area (Å²) >= 11 is 0. The molecule has 0 amide bonds. The van der Waals surface area contributed by atoms with Crippen LogP contribution in [0.2, 0.25) is 0 Å². The molecule has 1 unspecified atom stereocenters.